The Balaban J connectivity index is 1.94. The third kappa shape index (κ3) is 3.38. The van der Waals surface area contributed by atoms with Gasteiger partial charge in [0, 0.05) is 45.0 Å². The van der Waals surface area contributed by atoms with E-state index in [0.29, 0.717) is 35.5 Å². The summed E-state index contributed by atoms with van der Waals surface area (Å²) in [5.74, 6) is 0.00627. The molecular weight excluding hydrogens is 376 g/mol. The van der Waals surface area contributed by atoms with E-state index in [2.05, 4.69) is 15.9 Å². The molecule has 1 aliphatic rings. The van der Waals surface area contributed by atoms with E-state index in [1.165, 1.54) is 0 Å². The first-order valence-electron chi connectivity index (χ1n) is 8.35. The standard InChI is InChI=1S/C17H23BrN2O4/c1-23-9-7-20-13-11-16(18)24-15(13)10-14(20)17(22)19-6-3-2-4-12(19)5-8-21/h10-12,21H,2-9H2,1H3. The number of aliphatic hydroxyl groups excluding tert-OH is 1. The fraction of sp³-hybridized carbons (Fsp3) is 0.588. The van der Waals surface area contributed by atoms with Crippen molar-refractivity contribution in [2.45, 2.75) is 38.3 Å². The van der Waals surface area contributed by atoms with E-state index in [9.17, 15) is 9.90 Å². The molecule has 0 aliphatic carbocycles. The van der Waals surface area contributed by atoms with Gasteiger partial charge in [0.15, 0.2) is 10.3 Å². The van der Waals surface area contributed by atoms with Crippen molar-refractivity contribution in [1.29, 1.82) is 0 Å². The summed E-state index contributed by atoms with van der Waals surface area (Å²) in [7, 11) is 1.65. The predicted octanol–water partition coefficient (Wildman–Crippen LogP) is 3.02. The van der Waals surface area contributed by atoms with E-state index in [1.807, 2.05) is 21.6 Å². The number of rotatable bonds is 6. The third-order valence-corrected chi connectivity index (χ3v) is 5.04. The molecule has 7 heteroatoms. The molecule has 2 aromatic heterocycles. The molecule has 3 heterocycles. The molecule has 1 amide bonds. The first-order valence-corrected chi connectivity index (χ1v) is 9.14. The number of methoxy groups -OCH3 is 1. The van der Waals surface area contributed by atoms with Crippen LogP contribution in [0.5, 0.6) is 0 Å². The second-order valence-electron chi connectivity index (χ2n) is 6.13. The zero-order valence-corrected chi connectivity index (χ0v) is 15.4. The van der Waals surface area contributed by atoms with E-state index in [0.717, 1.165) is 31.3 Å². The Hall–Kier alpha value is -1.31. The summed E-state index contributed by atoms with van der Waals surface area (Å²) in [4.78, 5) is 15.1. The van der Waals surface area contributed by atoms with Gasteiger partial charge >= 0.3 is 0 Å². The summed E-state index contributed by atoms with van der Waals surface area (Å²) in [6.45, 7) is 1.96. The fourth-order valence-electron chi connectivity index (χ4n) is 3.48. The summed E-state index contributed by atoms with van der Waals surface area (Å²) in [6, 6.07) is 3.80. The lowest BCUT2D eigenvalue weighted by molar-refractivity contribution is 0.0562. The maximum atomic E-state index is 13.2. The molecule has 2 aromatic rings. The minimum Gasteiger partial charge on any atom is -0.448 e. The van der Waals surface area contributed by atoms with Gasteiger partial charge in [0.25, 0.3) is 5.91 Å². The first kappa shape index (κ1) is 17.5. The molecule has 0 radical (unpaired) electrons. The van der Waals surface area contributed by atoms with Crippen LogP contribution >= 0.6 is 15.9 Å². The lowest BCUT2D eigenvalue weighted by Crippen LogP contribution is -2.44. The Labute approximate surface area is 149 Å². The molecule has 1 fully saturated rings. The van der Waals surface area contributed by atoms with E-state index >= 15 is 0 Å². The lowest BCUT2D eigenvalue weighted by Gasteiger charge is -2.35. The Bertz CT molecular complexity index is 707. The van der Waals surface area contributed by atoms with Crippen LogP contribution in [0.4, 0.5) is 0 Å². The van der Waals surface area contributed by atoms with Crippen LogP contribution in [0, 0.1) is 0 Å². The van der Waals surface area contributed by atoms with Crippen molar-refractivity contribution in [2.75, 3.05) is 26.9 Å². The van der Waals surface area contributed by atoms with Crippen molar-refractivity contribution in [3.05, 3.63) is 22.5 Å². The monoisotopic (exact) mass is 398 g/mol. The highest BCUT2D eigenvalue weighted by Crippen LogP contribution is 2.29. The van der Waals surface area contributed by atoms with Crippen LogP contribution in [0.2, 0.25) is 0 Å². The van der Waals surface area contributed by atoms with Gasteiger partial charge in [-0.25, -0.2) is 0 Å². The molecule has 0 aromatic carbocycles. The van der Waals surface area contributed by atoms with Gasteiger partial charge in [-0.05, 0) is 41.6 Å². The van der Waals surface area contributed by atoms with Gasteiger partial charge in [-0.15, -0.1) is 0 Å². The Morgan fingerprint density at radius 2 is 2.29 bits per heavy atom. The third-order valence-electron chi connectivity index (χ3n) is 4.65. The number of carbonyl (C=O) groups is 1. The van der Waals surface area contributed by atoms with Crippen LogP contribution in [0.25, 0.3) is 11.1 Å². The second kappa shape index (κ2) is 7.72. The molecule has 1 N–H and O–H groups in total. The Morgan fingerprint density at radius 3 is 3.04 bits per heavy atom. The number of amides is 1. The second-order valence-corrected chi connectivity index (χ2v) is 6.92. The highest BCUT2D eigenvalue weighted by Gasteiger charge is 2.30. The Kier molecular flexibility index (Phi) is 5.63. The highest BCUT2D eigenvalue weighted by molar-refractivity contribution is 9.10. The zero-order valence-electron chi connectivity index (χ0n) is 13.8. The number of aliphatic hydroxyl groups is 1. The number of fused-ring (bicyclic) bond motifs is 1. The van der Waals surface area contributed by atoms with Crippen molar-refractivity contribution in [3.8, 4) is 0 Å². The number of nitrogens with zero attached hydrogens (tertiary/aromatic N) is 2. The molecule has 1 unspecified atom stereocenters. The van der Waals surface area contributed by atoms with Crippen LogP contribution in [-0.4, -0.2) is 53.4 Å². The highest BCUT2D eigenvalue weighted by atomic mass is 79.9. The van der Waals surface area contributed by atoms with Crippen molar-refractivity contribution in [1.82, 2.24) is 9.47 Å². The van der Waals surface area contributed by atoms with Gasteiger partial charge in [0.05, 0.1) is 12.1 Å². The topological polar surface area (TPSA) is 67.8 Å². The normalized spacial score (nSPS) is 18.5. The van der Waals surface area contributed by atoms with E-state index in [-0.39, 0.29) is 18.6 Å². The summed E-state index contributed by atoms with van der Waals surface area (Å²) < 4.78 is 13.4. The smallest absolute Gasteiger partial charge is 0.270 e. The van der Waals surface area contributed by atoms with Crippen molar-refractivity contribution < 1.29 is 19.1 Å². The molecule has 0 bridgehead atoms. The van der Waals surface area contributed by atoms with Gasteiger partial charge in [0.2, 0.25) is 0 Å². The van der Waals surface area contributed by atoms with Crippen LogP contribution < -0.4 is 0 Å². The van der Waals surface area contributed by atoms with Gasteiger partial charge < -0.3 is 23.7 Å². The Morgan fingerprint density at radius 1 is 1.46 bits per heavy atom. The maximum Gasteiger partial charge on any atom is 0.270 e. The van der Waals surface area contributed by atoms with E-state index < -0.39 is 0 Å². The minimum absolute atomic E-state index is 0.00627. The fourth-order valence-corrected chi connectivity index (χ4v) is 3.87. The summed E-state index contributed by atoms with van der Waals surface area (Å²) in [6.07, 6.45) is 3.70. The number of aromatic nitrogens is 1. The SMILES string of the molecule is COCCn1c(C(=O)N2CCCCC2CCO)cc2oc(Br)cc21. The van der Waals surface area contributed by atoms with Crippen molar-refractivity contribution in [3.63, 3.8) is 0 Å². The van der Waals surface area contributed by atoms with E-state index in [4.69, 9.17) is 9.15 Å². The number of piperidine rings is 1. The molecule has 132 valence electrons. The predicted molar refractivity (Wildman–Crippen MR) is 94.2 cm³/mol. The van der Waals surface area contributed by atoms with Gasteiger partial charge in [-0.3, -0.25) is 4.79 Å². The molecule has 1 atom stereocenters. The average molecular weight is 399 g/mol. The maximum absolute atomic E-state index is 13.2. The van der Waals surface area contributed by atoms with Crippen molar-refractivity contribution in [2.24, 2.45) is 0 Å². The van der Waals surface area contributed by atoms with E-state index in [1.54, 1.807) is 7.11 Å². The average Bonchev–Trinajstić information content (AvgIpc) is 3.09. The number of halogens is 1. The zero-order chi connectivity index (χ0) is 17.1. The molecule has 6 nitrogen and oxygen atoms in total. The quantitative estimate of drug-likeness (QED) is 0.811. The number of furan rings is 1. The summed E-state index contributed by atoms with van der Waals surface area (Å²) >= 11 is 3.34. The number of hydrogen-bond donors (Lipinski definition) is 1. The molecular formula is C17H23BrN2O4. The van der Waals surface area contributed by atoms with Crippen LogP contribution in [0.3, 0.4) is 0 Å². The van der Waals surface area contributed by atoms with Crippen LogP contribution in [0.1, 0.15) is 36.2 Å². The number of likely N-dealkylation sites (tertiary alicyclic amines) is 1. The lowest BCUT2D eigenvalue weighted by atomic mass is 9.99. The van der Waals surface area contributed by atoms with Gasteiger partial charge in [-0.1, -0.05) is 0 Å². The van der Waals surface area contributed by atoms with Crippen LogP contribution in [0.15, 0.2) is 21.2 Å². The van der Waals surface area contributed by atoms with Crippen molar-refractivity contribution >= 4 is 32.9 Å². The molecule has 3 rings (SSSR count). The number of hydrogen-bond acceptors (Lipinski definition) is 4. The number of carbonyl (C=O) groups excluding carboxylic acids is 1. The van der Waals surface area contributed by atoms with Crippen LogP contribution in [-0.2, 0) is 11.3 Å². The first-order chi connectivity index (χ1) is 11.7. The molecule has 1 aliphatic heterocycles. The molecule has 1 saturated heterocycles. The largest absolute Gasteiger partial charge is 0.448 e. The summed E-state index contributed by atoms with van der Waals surface area (Å²) in [5, 5.41) is 9.29. The molecule has 24 heavy (non-hydrogen) atoms. The molecule has 0 spiro atoms. The van der Waals surface area contributed by atoms with Gasteiger partial charge in [-0.2, -0.15) is 0 Å². The number of ether oxygens (including phenoxy) is 1. The minimum atomic E-state index is 0.00627. The molecule has 0 saturated carbocycles. The summed E-state index contributed by atoms with van der Waals surface area (Å²) in [5.41, 5.74) is 2.20. The van der Waals surface area contributed by atoms with Gasteiger partial charge in [0.1, 0.15) is 5.69 Å².